The molecule has 0 aliphatic carbocycles. The lowest BCUT2D eigenvalue weighted by molar-refractivity contribution is 0.196. The van der Waals surface area contributed by atoms with Gasteiger partial charge < -0.3 is 5.32 Å². The number of thiophene rings is 1. The molecule has 1 aliphatic rings. The second-order valence-electron chi connectivity index (χ2n) is 5.81. The predicted molar refractivity (Wildman–Crippen MR) is 78.9 cm³/mol. The van der Waals surface area contributed by atoms with Crippen molar-refractivity contribution in [1.29, 1.82) is 0 Å². The first kappa shape index (κ1) is 15.0. The molecular weight excluding hydrogens is 280 g/mol. The average molecular weight is 302 g/mol. The van der Waals surface area contributed by atoms with Crippen molar-refractivity contribution in [2.24, 2.45) is 5.41 Å². The number of sulfonamides is 1. The lowest BCUT2D eigenvalue weighted by atomic mass is 9.83. The molecule has 0 unspecified atom stereocenters. The Kier molecular flexibility index (Phi) is 4.35. The van der Waals surface area contributed by atoms with Crippen molar-refractivity contribution in [3.05, 3.63) is 16.3 Å². The van der Waals surface area contributed by atoms with E-state index >= 15 is 0 Å². The Balaban J connectivity index is 2.21. The first-order valence-corrected chi connectivity index (χ1v) is 8.90. The van der Waals surface area contributed by atoms with E-state index in [9.17, 15) is 8.42 Å². The van der Waals surface area contributed by atoms with E-state index in [0.29, 0.717) is 24.5 Å². The zero-order chi connectivity index (χ0) is 14.1. The standard InChI is InChI=1S/C13H22N2O2S2/c1-13(2)5-7-15(8-6-13)19(16,17)12-4-9-18-11(12)10-14-3/h4,9,14H,5-8,10H2,1-3H3. The molecule has 1 aromatic heterocycles. The maximum absolute atomic E-state index is 12.7. The molecule has 6 heteroatoms. The summed E-state index contributed by atoms with van der Waals surface area (Å²) in [4.78, 5) is 1.37. The number of piperidine rings is 1. The largest absolute Gasteiger partial charge is 0.315 e. The molecule has 1 N–H and O–H groups in total. The zero-order valence-electron chi connectivity index (χ0n) is 11.8. The highest BCUT2D eigenvalue weighted by molar-refractivity contribution is 7.89. The van der Waals surface area contributed by atoms with Crippen molar-refractivity contribution in [3.63, 3.8) is 0 Å². The molecule has 1 saturated heterocycles. The number of nitrogens with zero attached hydrogens (tertiary/aromatic N) is 1. The van der Waals surface area contributed by atoms with Crippen molar-refractivity contribution in [3.8, 4) is 0 Å². The Labute approximate surface area is 119 Å². The lowest BCUT2D eigenvalue weighted by Gasteiger charge is -2.36. The van der Waals surface area contributed by atoms with E-state index in [-0.39, 0.29) is 5.41 Å². The minimum Gasteiger partial charge on any atom is -0.315 e. The molecular formula is C13H22N2O2S2. The van der Waals surface area contributed by atoms with Gasteiger partial charge in [-0.05, 0) is 36.8 Å². The summed E-state index contributed by atoms with van der Waals surface area (Å²) in [5, 5.41) is 4.88. The molecule has 0 atom stereocenters. The van der Waals surface area contributed by atoms with Gasteiger partial charge in [0.1, 0.15) is 0 Å². The third kappa shape index (κ3) is 3.18. The second kappa shape index (κ2) is 5.52. The Bertz CT molecular complexity index is 525. The summed E-state index contributed by atoms with van der Waals surface area (Å²) in [6.45, 7) is 6.27. The molecule has 19 heavy (non-hydrogen) atoms. The fraction of sp³-hybridized carbons (Fsp3) is 0.692. The summed E-state index contributed by atoms with van der Waals surface area (Å²) in [6.07, 6.45) is 1.86. The first-order valence-electron chi connectivity index (χ1n) is 6.58. The van der Waals surface area contributed by atoms with E-state index in [1.807, 2.05) is 12.4 Å². The van der Waals surface area contributed by atoms with E-state index < -0.39 is 10.0 Å². The third-order valence-corrected chi connectivity index (χ3v) is 6.77. The fourth-order valence-corrected chi connectivity index (χ4v) is 5.19. The van der Waals surface area contributed by atoms with E-state index in [0.717, 1.165) is 17.7 Å². The van der Waals surface area contributed by atoms with Gasteiger partial charge in [-0.2, -0.15) is 4.31 Å². The van der Waals surface area contributed by atoms with Gasteiger partial charge in [-0.15, -0.1) is 11.3 Å². The van der Waals surface area contributed by atoms with Crippen molar-refractivity contribution in [1.82, 2.24) is 9.62 Å². The molecule has 4 nitrogen and oxygen atoms in total. The summed E-state index contributed by atoms with van der Waals surface area (Å²) in [5.41, 5.74) is 0.258. The number of rotatable bonds is 4. The van der Waals surface area contributed by atoms with Crippen LogP contribution >= 0.6 is 11.3 Å². The number of hydrogen-bond acceptors (Lipinski definition) is 4. The van der Waals surface area contributed by atoms with Crippen molar-refractivity contribution in [2.75, 3.05) is 20.1 Å². The van der Waals surface area contributed by atoms with Crippen LogP contribution in [0, 0.1) is 5.41 Å². The van der Waals surface area contributed by atoms with Gasteiger partial charge in [-0.3, -0.25) is 0 Å². The van der Waals surface area contributed by atoms with E-state index in [4.69, 9.17) is 0 Å². The monoisotopic (exact) mass is 302 g/mol. The Morgan fingerprint density at radius 2 is 2.00 bits per heavy atom. The molecule has 0 amide bonds. The summed E-state index contributed by atoms with van der Waals surface area (Å²) in [6, 6.07) is 1.73. The van der Waals surface area contributed by atoms with Crippen molar-refractivity contribution in [2.45, 2.75) is 38.1 Å². The van der Waals surface area contributed by atoms with E-state index in [2.05, 4.69) is 19.2 Å². The zero-order valence-corrected chi connectivity index (χ0v) is 13.4. The van der Waals surface area contributed by atoms with Gasteiger partial charge in [0.05, 0.1) is 4.90 Å². The van der Waals surface area contributed by atoms with Gasteiger partial charge in [0.2, 0.25) is 10.0 Å². The topological polar surface area (TPSA) is 49.4 Å². The van der Waals surface area contributed by atoms with Crippen LogP contribution in [-0.4, -0.2) is 32.9 Å². The maximum Gasteiger partial charge on any atom is 0.244 e. The predicted octanol–water partition coefficient (Wildman–Crippen LogP) is 2.28. The SMILES string of the molecule is CNCc1sccc1S(=O)(=O)N1CCC(C)(C)CC1. The molecule has 0 radical (unpaired) electrons. The molecule has 2 heterocycles. The fourth-order valence-electron chi connectivity index (χ4n) is 2.32. The van der Waals surface area contributed by atoms with Gasteiger partial charge >= 0.3 is 0 Å². The van der Waals surface area contributed by atoms with Gasteiger partial charge in [0, 0.05) is 24.5 Å². The highest BCUT2D eigenvalue weighted by atomic mass is 32.2. The highest BCUT2D eigenvalue weighted by Gasteiger charge is 2.33. The summed E-state index contributed by atoms with van der Waals surface area (Å²) >= 11 is 1.50. The number of nitrogens with one attached hydrogen (secondary N) is 1. The molecule has 0 aromatic carbocycles. The first-order chi connectivity index (χ1) is 8.87. The smallest absolute Gasteiger partial charge is 0.244 e. The molecule has 108 valence electrons. The summed E-state index contributed by atoms with van der Waals surface area (Å²) in [7, 11) is -1.49. The van der Waals surface area contributed by atoms with Gasteiger partial charge in [-0.1, -0.05) is 13.8 Å². The van der Waals surface area contributed by atoms with Crippen LogP contribution in [0.15, 0.2) is 16.3 Å². The van der Waals surface area contributed by atoms with Crippen LogP contribution in [0.4, 0.5) is 0 Å². The minimum absolute atomic E-state index is 0.258. The van der Waals surface area contributed by atoms with Crippen LogP contribution in [0.25, 0.3) is 0 Å². The van der Waals surface area contributed by atoms with E-state index in [1.54, 1.807) is 10.4 Å². The lowest BCUT2D eigenvalue weighted by Crippen LogP contribution is -2.41. The second-order valence-corrected chi connectivity index (χ2v) is 8.71. The molecule has 1 aliphatic heterocycles. The van der Waals surface area contributed by atoms with Crippen LogP contribution in [0.3, 0.4) is 0 Å². The van der Waals surface area contributed by atoms with Crippen LogP contribution in [-0.2, 0) is 16.6 Å². The molecule has 0 saturated carbocycles. The van der Waals surface area contributed by atoms with Crippen molar-refractivity contribution >= 4 is 21.4 Å². The third-order valence-electron chi connectivity index (χ3n) is 3.74. The molecule has 1 fully saturated rings. The van der Waals surface area contributed by atoms with E-state index in [1.165, 1.54) is 11.3 Å². The van der Waals surface area contributed by atoms with Crippen LogP contribution in [0.1, 0.15) is 31.6 Å². The summed E-state index contributed by atoms with van der Waals surface area (Å²) in [5.74, 6) is 0. The normalized spacial score (nSPS) is 20.6. The molecule has 0 bridgehead atoms. The summed E-state index contributed by atoms with van der Waals surface area (Å²) < 4.78 is 27.0. The molecule has 2 rings (SSSR count). The molecule has 0 spiro atoms. The van der Waals surface area contributed by atoms with Gasteiger partial charge in [0.15, 0.2) is 0 Å². The van der Waals surface area contributed by atoms with Gasteiger partial charge in [-0.25, -0.2) is 8.42 Å². The van der Waals surface area contributed by atoms with Crippen LogP contribution in [0.5, 0.6) is 0 Å². The quantitative estimate of drug-likeness (QED) is 0.928. The number of hydrogen-bond donors (Lipinski definition) is 1. The highest BCUT2D eigenvalue weighted by Crippen LogP contribution is 2.33. The average Bonchev–Trinajstić information content (AvgIpc) is 2.78. The van der Waals surface area contributed by atoms with Crippen LogP contribution in [0.2, 0.25) is 0 Å². The Hall–Kier alpha value is -0.430. The van der Waals surface area contributed by atoms with Crippen LogP contribution < -0.4 is 5.32 Å². The maximum atomic E-state index is 12.7. The Morgan fingerprint density at radius 1 is 1.37 bits per heavy atom. The molecule has 1 aromatic rings. The van der Waals surface area contributed by atoms with Crippen molar-refractivity contribution < 1.29 is 8.42 Å². The minimum atomic E-state index is -3.32. The van der Waals surface area contributed by atoms with Gasteiger partial charge in [0.25, 0.3) is 0 Å². The Morgan fingerprint density at radius 3 is 2.58 bits per heavy atom.